The van der Waals surface area contributed by atoms with Crippen LogP contribution in [0, 0.1) is 0 Å². The van der Waals surface area contributed by atoms with Gasteiger partial charge in [0.05, 0.1) is 23.2 Å². The monoisotopic (exact) mass is 334 g/mol. The molecule has 1 heterocycles. The third kappa shape index (κ3) is 2.76. The minimum absolute atomic E-state index is 0.162. The molecule has 0 bridgehead atoms. The lowest BCUT2D eigenvalue weighted by Crippen LogP contribution is -2.22. The molecule has 2 N–H and O–H groups in total. The molecule has 0 unspecified atom stereocenters. The molecule has 3 aromatic rings. The smallest absolute Gasteiger partial charge is 0.247 e. The number of aromatic hydroxyl groups is 1. The fraction of sp³-hybridized carbons (Fsp3) is 0.211. The summed E-state index contributed by atoms with van der Waals surface area (Å²) in [5.41, 5.74) is 7.09. The second-order valence-electron chi connectivity index (χ2n) is 6.15. The first-order chi connectivity index (χ1) is 12.1. The van der Waals surface area contributed by atoms with E-state index in [1.165, 1.54) is 0 Å². The highest BCUT2D eigenvalue weighted by molar-refractivity contribution is 6.05. The molecular weight excluding hydrogens is 316 g/mol. The number of phenolic OH excluding ortho intramolecular Hbond substituents is 1. The van der Waals surface area contributed by atoms with Crippen LogP contribution in [0.4, 0.5) is 0 Å². The third-order valence-corrected chi connectivity index (χ3v) is 4.59. The normalized spacial score (nSPS) is 14.8. The highest BCUT2D eigenvalue weighted by atomic mass is 16.3. The van der Waals surface area contributed by atoms with E-state index in [0.29, 0.717) is 12.2 Å². The van der Waals surface area contributed by atoms with Crippen LogP contribution in [-0.4, -0.2) is 26.3 Å². The first-order valence-electron chi connectivity index (χ1n) is 8.20. The lowest BCUT2D eigenvalue weighted by atomic mass is 10.1. The Labute approximate surface area is 144 Å². The Morgan fingerprint density at radius 2 is 2.08 bits per heavy atom. The highest BCUT2D eigenvalue weighted by Crippen LogP contribution is 2.29. The van der Waals surface area contributed by atoms with E-state index in [-0.39, 0.29) is 18.1 Å². The number of hydrogen-bond donors (Lipinski definition) is 2. The summed E-state index contributed by atoms with van der Waals surface area (Å²) >= 11 is 0. The molecule has 4 rings (SSSR count). The minimum atomic E-state index is -0.209. The van der Waals surface area contributed by atoms with Crippen molar-refractivity contribution in [3.63, 3.8) is 0 Å². The van der Waals surface area contributed by atoms with Gasteiger partial charge in [0.2, 0.25) is 5.91 Å². The summed E-state index contributed by atoms with van der Waals surface area (Å²) in [4.78, 5) is 16.8. The first kappa shape index (κ1) is 15.4. The number of nitrogens with one attached hydrogen (secondary N) is 1. The summed E-state index contributed by atoms with van der Waals surface area (Å²) in [6, 6.07) is 13.2. The number of phenols is 1. The molecule has 25 heavy (non-hydrogen) atoms. The van der Waals surface area contributed by atoms with E-state index < -0.39 is 0 Å². The predicted molar refractivity (Wildman–Crippen MR) is 95.5 cm³/mol. The summed E-state index contributed by atoms with van der Waals surface area (Å²) in [6.07, 6.45) is 1.61. The first-order valence-corrected chi connectivity index (χ1v) is 8.20. The summed E-state index contributed by atoms with van der Waals surface area (Å²) in [7, 11) is 1.90. The Hall–Kier alpha value is -3.15. The Morgan fingerprint density at radius 3 is 2.92 bits per heavy atom. The van der Waals surface area contributed by atoms with E-state index >= 15 is 0 Å². The molecule has 0 saturated carbocycles. The molecule has 1 aliphatic rings. The molecule has 0 aliphatic heterocycles. The number of carbonyl (C=O) groups is 1. The van der Waals surface area contributed by atoms with E-state index in [1.54, 1.807) is 12.1 Å². The molecular formula is C19H18N4O2. The number of hydrazone groups is 1. The van der Waals surface area contributed by atoms with Gasteiger partial charge in [0, 0.05) is 18.2 Å². The van der Waals surface area contributed by atoms with Crippen molar-refractivity contribution in [3.05, 3.63) is 59.4 Å². The second-order valence-corrected chi connectivity index (χ2v) is 6.15. The van der Waals surface area contributed by atoms with Crippen LogP contribution in [0.15, 0.2) is 47.6 Å². The minimum Gasteiger partial charge on any atom is -0.508 e. The van der Waals surface area contributed by atoms with Gasteiger partial charge in [0.25, 0.3) is 0 Å². The van der Waals surface area contributed by atoms with Crippen LogP contribution >= 0.6 is 0 Å². The van der Waals surface area contributed by atoms with E-state index in [9.17, 15) is 9.90 Å². The number of hydrogen-bond acceptors (Lipinski definition) is 4. The van der Waals surface area contributed by atoms with Crippen LogP contribution < -0.4 is 5.43 Å². The van der Waals surface area contributed by atoms with E-state index in [4.69, 9.17) is 0 Å². The Bertz CT molecular complexity index is 1000. The van der Waals surface area contributed by atoms with Gasteiger partial charge >= 0.3 is 0 Å². The molecule has 0 spiro atoms. The molecule has 1 aromatic heterocycles. The highest BCUT2D eigenvalue weighted by Gasteiger charge is 2.21. The van der Waals surface area contributed by atoms with Crippen molar-refractivity contribution < 1.29 is 9.90 Å². The molecule has 0 radical (unpaired) electrons. The van der Waals surface area contributed by atoms with Gasteiger partial charge in [0.1, 0.15) is 11.6 Å². The van der Waals surface area contributed by atoms with Gasteiger partial charge in [-0.05, 0) is 31.0 Å². The van der Waals surface area contributed by atoms with Crippen LogP contribution in [0.2, 0.25) is 0 Å². The standard InChI is InChI=1S/C19H18N4O2/c1-23-16-7-3-2-6-15(16)20-18(23)11-19(25)22-21-14-10-9-13-12(14)5-4-8-17(13)24/h2-8,24H,9-11H2,1H3,(H,22,25). The van der Waals surface area contributed by atoms with Gasteiger partial charge in [-0.2, -0.15) is 5.10 Å². The summed E-state index contributed by atoms with van der Waals surface area (Å²) in [5.74, 6) is 0.775. The van der Waals surface area contributed by atoms with E-state index in [2.05, 4.69) is 15.5 Å². The Kier molecular flexibility index (Phi) is 3.72. The fourth-order valence-corrected chi connectivity index (χ4v) is 3.27. The molecule has 0 saturated heterocycles. The van der Waals surface area contributed by atoms with Gasteiger partial charge in [-0.3, -0.25) is 4.79 Å². The number of carbonyl (C=O) groups excluding carboxylic acids is 1. The van der Waals surface area contributed by atoms with Crippen molar-refractivity contribution in [2.45, 2.75) is 19.3 Å². The number of benzene rings is 2. The van der Waals surface area contributed by atoms with Gasteiger partial charge in [-0.1, -0.05) is 24.3 Å². The SMILES string of the molecule is Cn1c(CC(=O)NN=C2CCc3c(O)cccc32)nc2ccccc21. The topological polar surface area (TPSA) is 79.5 Å². The van der Waals surface area contributed by atoms with Gasteiger partial charge < -0.3 is 9.67 Å². The number of fused-ring (bicyclic) bond motifs is 2. The van der Waals surface area contributed by atoms with Crippen molar-refractivity contribution >= 4 is 22.7 Å². The maximum absolute atomic E-state index is 12.3. The third-order valence-electron chi connectivity index (χ3n) is 4.59. The molecule has 0 fully saturated rings. The molecule has 1 aliphatic carbocycles. The largest absolute Gasteiger partial charge is 0.508 e. The lowest BCUT2D eigenvalue weighted by molar-refractivity contribution is -0.120. The van der Waals surface area contributed by atoms with E-state index in [1.807, 2.05) is 41.9 Å². The quantitative estimate of drug-likeness (QED) is 0.721. The van der Waals surface area contributed by atoms with Crippen molar-refractivity contribution in [1.29, 1.82) is 0 Å². The zero-order chi connectivity index (χ0) is 17.4. The molecule has 126 valence electrons. The van der Waals surface area contributed by atoms with Gasteiger partial charge in [-0.15, -0.1) is 0 Å². The fourth-order valence-electron chi connectivity index (χ4n) is 3.27. The van der Waals surface area contributed by atoms with Crippen molar-refractivity contribution in [3.8, 4) is 5.75 Å². The van der Waals surface area contributed by atoms with Crippen LogP contribution in [-0.2, 0) is 24.7 Å². The molecule has 6 nitrogen and oxygen atoms in total. The van der Waals surface area contributed by atoms with Crippen LogP contribution in [0.3, 0.4) is 0 Å². The zero-order valence-corrected chi connectivity index (χ0v) is 13.9. The second kappa shape index (κ2) is 6.05. The predicted octanol–water partition coefficient (Wildman–Crippen LogP) is 2.29. The van der Waals surface area contributed by atoms with Gasteiger partial charge in [-0.25, -0.2) is 10.4 Å². The maximum Gasteiger partial charge on any atom is 0.247 e. The number of rotatable bonds is 3. The van der Waals surface area contributed by atoms with Gasteiger partial charge in [0.15, 0.2) is 0 Å². The molecule has 1 amide bonds. The average Bonchev–Trinajstić information content (AvgIpc) is 3.16. The number of aryl methyl sites for hydroxylation is 1. The van der Waals surface area contributed by atoms with Crippen LogP contribution in [0.1, 0.15) is 23.4 Å². The Balaban J connectivity index is 1.50. The van der Waals surface area contributed by atoms with Crippen LogP contribution in [0.5, 0.6) is 5.75 Å². The average molecular weight is 334 g/mol. The number of amides is 1. The summed E-state index contributed by atoms with van der Waals surface area (Å²) in [5, 5.41) is 14.1. The lowest BCUT2D eigenvalue weighted by Gasteiger charge is -2.04. The van der Waals surface area contributed by atoms with Crippen molar-refractivity contribution in [2.24, 2.45) is 12.1 Å². The summed E-state index contributed by atoms with van der Waals surface area (Å²) in [6.45, 7) is 0. The summed E-state index contributed by atoms with van der Waals surface area (Å²) < 4.78 is 1.92. The number of imidazole rings is 1. The molecule has 6 heteroatoms. The van der Waals surface area contributed by atoms with Crippen LogP contribution in [0.25, 0.3) is 11.0 Å². The Morgan fingerprint density at radius 1 is 1.24 bits per heavy atom. The zero-order valence-electron chi connectivity index (χ0n) is 13.9. The van der Waals surface area contributed by atoms with E-state index in [0.717, 1.165) is 34.3 Å². The number of nitrogens with zero attached hydrogens (tertiary/aromatic N) is 3. The maximum atomic E-state index is 12.3. The van der Waals surface area contributed by atoms with Crippen molar-refractivity contribution in [1.82, 2.24) is 15.0 Å². The number of para-hydroxylation sites is 2. The molecule has 0 atom stereocenters. The van der Waals surface area contributed by atoms with Crippen molar-refractivity contribution in [2.75, 3.05) is 0 Å². The molecule has 2 aromatic carbocycles. The number of aromatic nitrogens is 2.